The molecule has 1 saturated heterocycles. The maximum absolute atomic E-state index is 13.4. The van der Waals surface area contributed by atoms with Gasteiger partial charge in [0.2, 0.25) is 0 Å². The quantitative estimate of drug-likeness (QED) is 0.442. The van der Waals surface area contributed by atoms with E-state index in [1.807, 2.05) is 63.2 Å². The summed E-state index contributed by atoms with van der Waals surface area (Å²) in [7, 11) is -2.36. The molecule has 0 radical (unpaired) electrons. The van der Waals surface area contributed by atoms with Gasteiger partial charge in [-0.05, 0) is 50.0 Å². The second kappa shape index (κ2) is 8.07. The van der Waals surface area contributed by atoms with Gasteiger partial charge < -0.3 is 13.9 Å². The highest BCUT2D eigenvalue weighted by molar-refractivity contribution is 6.74. The molecule has 2 aliphatic heterocycles. The first kappa shape index (κ1) is 24.7. The zero-order valence-electron chi connectivity index (χ0n) is 21.6. The van der Waals surface area contributed by atoms with Gasteiger partial charge in [-0.25, -0.2) is 9.69 Å². The number of hydrogen-bond donors (Lipinski definition) is 0. The summed E-state index contributed by atoms with van der Waals surface area (Å²) in [5, 5.41) is -0.0738. The lowest BCUT2D eigenvalue weighted by Crippen LogP contribution is -2.74. The van der Waals surface area contributed by atoms with Gasteiger partial charge in [0.1, 0.15) is 11.2 Å². The summed E-state index contributed by atoms with van der Waals surface area (Å²) in [6, 6.07) is 20.4. The van der Waals surface area contributed by atoms with E-state index in [-0.39, 0.29) is 11.0 Å². The van der Waals surface area contributed by atoms with Crippen molar-refractivity contribution in [1.29, 1.82) is 0 Å². The molecule has 0 aliphatic carbocycles. The lowest BCUT2D eigenvalue weighted by atomic mass is 9.70. The molecule has 34 heavy (non-hydrogen) atoms. The van der Waals surface area contributed by atoms with E-state index >= 15 is 0 Å². The minimum atomic E-state index is -2.36. The van der Waals surface area contributed by atoms with Crippen molar-refractivity contribution in [3.05, 3.63) is 84.1 Å². The number of carbonyl (C=O) groups excluding carboxylic acids is 1. The third-order valence-electron chi connectivity index (χ3n) is 7.10. The van der Waals surface area contributed by atoms with Crippen molar-refractivity contribution in [3.8, 4) is 0 Å². The molecule has 0 aromatic heterocycles. The Labute approximate surface area is 204 Å². The number of hydrogen-bond acceptors (Lipinski definition) is 4. The van der Waals surface area contributed by atoms with Gasteiger partial charge in [0, 0.05) is 6.20 Å². The molecular weight excluding hydrogens is 442 g/mol. The van der Waals surface area contributed by atoms with Crippen molar-refractivity contribution in [2.75, 3.05) is 0 Å². The summed E-state index contributed by atoms with van der Waals surface area (Å²) in [6.45, 7) is 16.5. The van der Waals surface area contributed by atoms with Gasteiger partial charge in [0.25, 0.3) is 5.91 Å². The topological polar surface area (TPSA) is 48.0 Å². The molecule has 0 spiro atoms. The van der Waals surface area contributed by atoms with E-state index in [4.69, 9.17) is 13.9 Å². The second-order valence-electron chi connectivity index (χ2n) is 11.7. The van der Waals surface area contributed by atoms with Crippen LogP contribution >= 0.6 is 0 Å². The predicted octanol–water partition coefficient (Wildman–Crippen LogP) is 7.02. The van der Waals surface area contributed by atoms with E-state index in [1.54, 1.807) is 6.20 Å². The molecule has 2 heterocycles. The largest absolute Gasteiger partial charge is 0.443 e. The van der Waals surface area contributed by atoms with Crippen LogP contribution in [0, 0.1) is 5.92 Å². The van der Waals surface area contributed by atoms with E-state index < -0.39 is 31.5 Å². The number of rotatable bonds is 4. The van der Waals surface area contributed by atoms with Gasteiger partial charge in [-0.15, -0.1) is 0 Å². The van der Waals surface area contributed by atoms with Crippen LogP contribution in [0.4, 0.5) is 4.79 Å². The fourth-order valence-electron chi connectivity index (χ4n) is 4.46. The Kier molecular flexibility index (Phi) is 5.87. The lowest BCUT2D eigenvalue weighted by molar-refractivity contribution is -0.419. The fraction of sp³-hybridized carbons (Fsp3) is 0.464. The van der Waals surface area contributed by atoms with Crippen LogP contribution in [0.5, 0.6) is 0 Å². The number of fused-ring (bicyclic) bond motifs is 1. The highest BCUT2D eigenvalue weighted by Crippen LogP contribution is 2.63. The third-order valence-corrected chi connectivity index (χ3v) is 11.5. The van der Waals surface area contributed by atoms with E-state index in [1.165, 1.54) is 4.90 Å². The van der Waals surface area contributed by atoms with Crippen LogP contribution < -0.4 is 0 Å². The van der Waals surface area contributed by atoms with Crippen molar-refractivity contribution >= 4 is 14.4 Å². The third kappa shape index (κ3) is 3.92. The van der Waals surface area contributed by atoms with Crippen LogP contribution in [-0.2, 0) is 19.5 Å². The SMILES string of the molecule is CC(C)(C)OC(=O)N1C=C[C@H]2C(c3ccccc3)(c3ccccc3)O[C@]21O[Si](C)(C)C(C)(C)C. The van der Waals surface area contributed by atoms with E-state index in [2.05, 4.69) is 58.1 Å². The minimum absolute atomic E-state index is 0.0738. The van der Waals surface area contributed by atoms with Crippen LogP contribution in [0.2, 0.25) is 18.1 Å². The normalized spacial score (nSPS) is 23.9. The van der Waals surface area contributed by atoms with Gasteiger partial charge in [0.15, 0.2) is 8.32 Å². The van der Waals surface area contributed by atoms with E-state index in [9.17, 15) is 4.79 Å². The maximum atomic E-state index is 13.4. The van der Waals surface area contributed by atoms with Gasteiger partial charge in [0.05, 0.1) is 5.92 Å². The average molecular weight is 480 g/mol. The molecule has 182 valence electrons. The summed E-state index contributed by atoms with van der Waals surface area (Å²) in [5.41, 5.74) is 0.631. The zero-order chi connectivity index (χ0) is 25.0. The number of ether oxygens (including phenoxy) is 2. The van der Waals surface area contributed by atoms with Crippen LogP contribution in [-0.4, -0.2) is 30.8 Å². The molecule has 1 amide bonds. The zero-order valence-corrected chi connectivity index (χ0v) is 22.6. The molecular formula is C28H37NO4Si. The molecule has 6 heteroatoms. The smallest absolute Gasteiger partial charge is 0.418 e. The Balaban J connectivity index is 1.84. The van der Waals surface area contributed by atoms with Crippen molar-refractivity contribution < 1.29 is 18.7 Å². The molecule has 5 nitrogen and oxygen atoms in total. The summed E-state index contributed by atoms with van der Waals surface area (Å²) in [5.74, 6) is -1.51. The monoisotopic (exact) mass is 479 g/mol. The van der Waals surface area contributed by atoms with E-state index in [0.29, 0.717) is 0 Å². The highest BCUT2D eigenvalue weighted by Gasteiger charge is 2.74. The number of amides is 1. The molecule has 0 bridgehead atoms. The maximum Gasteiger partial charge on any atom is 0.418 e. The standard InChI is InChI=1S/C28H37NO4Si/c1-25(2,3)31-24(30)29-20-19-23-27(21-15-11-9-12-16-21,22-17-13-10-14-18-22)32-28(23,29)33-34(7,8)26(4,5)6/h9-20,23H,1-8H3/t23-,28-/m0/s1. The summed E-state index contributed by atoms with van der Waals surface area (Å²) in [6.07, 6.45) is 3.35. The van der Waals surface area contributed by atoms with Gasteiger partial charge in [-0.2, -0.15) is 0 Å². The molecule has 0 unspecified atom stereocenters. The Bertz CT molecular complexity index is 1030. The molecule has 2 atom stereocenters. The Morgan fingerprint density at radius 2 is 1.41 bits per heavy atom. The van der Waals surface area contributed by atoms with Crippen LogP contribution in [0.25, 0.3) is 0 Å². The minimum Gasteiger partial charge on any atom is -0.443 e. The summed E-state index contributed by atoms with van der Waals surface area (Å²) < 4.78 is 19.7. The van der Waals surface area contributed by atoms with Crippen molar-refractivity contribution in [3.63, 3.8) is 0 Å². The summed E-state index contributed by atoms with van der Waals surface area (Å²) in [4.78, 5) is 14.9. The molecule has 1 fully saturated rings. The van der Waals surface area contributed by atoms with Gasteiger partial charge >= 0.3 is 6.09 Å². The first-order valence-electron chi connectivity index (χ1n) is 11.9. The van der Waals surface area contributed by atoms with Crippen LogP contribution in [0.15, 0.2) is 72.9 Å². The molecule has 4 rings (SSSR count). The van der Waals surface area contributed by atoms with Gasteiger partial charge in [-0.3, -0.25) is 0 Å². The molecule has 0 N–H and O–H groups in total. The number of nitrogens with zero attached hydrogens (tertiary/aromatic N) is 1. The summed E-state index contributed by atoms with van der Waals surface area (Å²) >= 11 is 0. The van der Waals surface area contributed by atoms with Crippen molar-refractivity contribution in [2.24, 2.45) is 5.92 Å². The first-order chi connectivity index (χ1) is 15.7. The second-order valence-corrected chi connectivity index (χ2v) is 16.5. The first-order valence-corrected chi connectivity index (χ1v) is 14.9. The molecule has 2 aromatic rings. The average Bonchev–Trinajstić information content (AvgIpc) is 3.01. The number of carbonyl (C=O) groups is 1. The van der Waals surface area contributed by atoms with Crippen molar-refractivity contribution in [2.45, 2.75) is 76.8 Å². The number of benzene rings is 2. The Morgan fingerprint density at radius 1 is 0.912 bits per heavy atom. The molecule has 0 saturated carbocycles. The van der Waals surface area contributed by atoms with Gasteiger partial charge in [-0.1, -0.05) is 87.5 Å². The molecule has 2 aliphatic rings. The molecule has 2 aromatic carbocycles. The van der Waals surface area contributed by atoms with E-state index in [0.717, 1.165) is 11.1 Å². The fourth-order valence-corrected chi connectivity index (χ4v) is 5.76. The van der Waals surface area contributed by atoms with Crippen LogP contribution in [0.3, 0.4) is 0 Å². The van der Waals surface area contributed by atoms with Crippen molar-refractivity contribution in [1.82, 2.24) is 4.90 Å². The predicted molar refractivity (Wildman–Crippen MR) is 136 cm³/mol. The lowest BCUT2D eigenvalue weighted by Gasteiger charge is -2.63. The highest BCUT2D eigenvalue weighted by atomic mass is 28.4. The Morgan fingerprint density at radius 3 is 1.85 bits per heavy atom. The van der Waals surface area contributed by atoms with Crippen LogP contribution in [0.1, 0.15) is 52.7 Å². The Hall–Kier alpha value is -2.41.